The molecule has 2 N–H and O–H groups in total. The number of hydrogen-bond donors (Lipinski definition) is 2. The van der Waals surface area contributed by atoms with E-state index in [0.717, 1.165) is 0 Å². The molecule has 0 atom stereocenters. The summed E-state index contributed by atoms with van der Waals surface area (Å²) in [5.41, 5.74) is 0.0940. The van der Waals surface area contributed by atoms with Crippen molar-refractivity contribution in [3.8, 4) is 0 Å². The Morgan fingerprint density at radius 2 is 1.78 bits per heavy atom. The number of carbonyl (C=O) groups is 1. The highest BCUT2D eigenvalue weighted by molar-refractivity contribution is 9.10. The summed E-state index contributed by atoms with van der Waals surface area (Å²) in [7, 11) is 0. The fraction of sp³-hybridized carbons (Fsp3) is 0.200. The first-order chi connectivity index (χ1) is 8.26. The summed E-state index contributed by atoms with van der Waals surface area (Å²) in [5.74, 6) is -1.06. The number of benzene rings is 1. The molecule has 2 aromatic rings. The molecule has 1 aromatic heterocycles. The van der Waals surface area contributed by atoms with Crippen molar-refractivity contribution < 1.29 is 18.0 Å². The average Bonchev–Trinajstić information content (AvgIpc) is 2.53. The van der Waals surface area contributed by atoms with Crippen molar-refractivity contribution in [1.29, 1.82) is 0 Å². The Hall–Kier alpha value is -1.57. The molecule has 0 amide bonds. The normalized spacial score (nSPS) is 12.0. The summed E-state index contributed by atoms with van der Waals surface area (Å²) in [6.45, 7) is 0. The summed E-state index contributed by atoms with van der Waals surface area (Å²) >= 11 is 3.01. The highest BCUT2D eigenvalue weighted by Gasteiger charge is 2.32. The second-order valence-electron chi connectivity index (χ2n) is 3.67. The monoisotopic (exact) mass is 322 g/mol. The number of alkyl halides is 3. The van der Waals surface area contributed by atoms with E-state index in [1.54, 1.807) is 0 Å². The van der Waals surface area contributed by atoms with Crippen molar-refractivity contribution in [3.63, 3.8) is 0 Å². The van der Waals surface area contributed by atoms with Gasteiger partial charge in [-0.05, 0) is 28.1 Å². The van der Waals surface area contributed by atoms with Gasteiger partial charge in [-0.3, -0.25) is 4.79 Å². The summed E-state index contributed by atoms with van der Waals surface area (Å²) in [5, 5.41) is 0. The lowest BCUT2D eigenvalue weighted by atomic mass is 10.1. The third-order valence-corrected chi connectivity index (χ3v) is 2.92. The van der Waals surface area contributed by atoms with Crippen LogP contribution in [0.25, 0.3) is 11.0 Å². The zero-order chi connectivity index (χ0) is 13.5. The quantitative estimate of drug-likeness (QED) is 0.835. The third kappa shape index (κ3) is 2.63. The van der Waals surface area contributed by atoms with Gasteiger partial charge in [-0.2, -0.15) is 13.2 Å². The molecule has 4 nitrogen and oxygen atoms in total. The number of nitrogens with one attached hydrogen (secondary N) is 2. The van der Waals surface area contributed by atoms with E-state index < -0.39 is 24.1 Å². The van der Waals surface area contributed by atoms with E-state index in [9.17, 15) is 22.8 Å². The number of ketones is 1. The van der Waals surface area contributed by atoms with Crippen LogP contribution in [0.1, 0.15) is 16.8 Å². The van der Waals surface area contributed by atoms with E-state index >= 15 is 0 Å². The lowest BCUT2D eigenvalue weighted by Crippen LogP contribution is -2.15. The van der Waals surface area contributed by atoms with Gasteiger partial charge in [-0.25, -0.2) is 4.79 Å². The van der Waals surface area contributed by atoms with Gasteiger partial charge >= 0.3 is 11.9 Å². The minimum atomic E-state index is -4.56. The van der Waals surface area contributed by atoms with E-state index in [1.807, 2.05) is 0 Å². The molecule has 0 aliphatic carbocycles. The van der Waals surface area contributed by atoms with Gasteiger partial charge in [-0.1, -0.05) is 0 Å². The lowest BCUT2D eigenvalue weighted by Gasteiger charge is -2.07. The predicted molar refractivity (Wildman–Crippen MR) is 61.6 cm³/mol. The topological polar surface area (TPSA) is 65.7 Å². The van der Waals surface area contributed by atoms with Gasteiger partial charge in [0, 0.05) is 10.0 Å². The number of imidazole rings is 1. The van der Waals surface area contributed by atoms with E-state index in [2.05, 4.69) is 25.9 Å². The van der Waals surface area contributed by atoms with Gasteiger partial charge in [0.25, 0.3) is 0 Å². The molecule has 0 bridgehead atoms. The Morgan fingerprint density at radius 1 is 1.22 bits per heavy atom. The molecule has 0 aliphatic heterocycles. The fourth-order valence-electron chi connectivity index (χ4n) is 1.55. The van der Waals surface area contributed by atoms with Crippen LogP contribution in [0.5, 0.6) is 0 Å². The van der Waals surface area contributed by atoms with Crippen LogP contribution in [0.2, 0.25) is 0 Å². The first-order valence-electron chi connectivity index (χ1n) is 4.78. The molecular weight excluding hydrogens is 317 g/mol. The number of Topliss-reactive ketones (excluding diaryl/α,β-unsaturated/α-hetero) is 1. The maximum absolute atomic E-state index is 12.1. The summed E-state index contributed by atoms with van der Waals surface area (Å²) in [6.07, 6.45) is -6.09. The average molecular weight is 323 g/mol. The second-order valence-corrected chi connectivity index (χ2v) is 4.53. The first-order valence-corrected chi connectivity index (χ1v) is 5.57. The molecule has 0 fully saturated rings. The molecule has 0 saturated heterocycles. The Labute approximate surface area is 106 Å². The van der Waals surface area contributed by atoms with Crippen LogP contribution < -0.4 is 5.69 Å². The molecule has 0 spiro atoms. The van der Waals surface area contributed by atoms with E-state index in [4.69, 9.17) is 0 Å². The van der Waals surface area contributed by atoms with Crippen LogP contribution in [0, 0.1) is 0 Å². The largest absolute Gasteiger partial charge is 0.396 e. The predicted octanol–water partition coefficient (Wildman–Crippen LogP) is 2.75. The van der Waals surface area contributed by atoms with Crippen molar-refractivity contribution in [2.24, 2.45) is 0 Å². The van der Waals surface area contributed by atoms with Crippen LogP contribution in [-0.2, 0) is 0 Å². The van der Waals surface area contributed by atoms with Gasteiger partial charge in [0.15, 0.2) is 5.78 Å². The molecule has 2 rings (SSSR count). The van der Waals surface area contributed by atoms with E-state index in [1.165, 1.54) is 12.1 Å². The molecule has 0 aliphatic rings. The smallest absolute Gasteiger partial charge is 0.306 e. The number of aromatic amines is 2. The summed E-state index contributed by atoms with van der Waals surface area (Å²) < 4.78 is 36.6. The third-order valence-electron chi connectivity index (χ3n) is 2.27. The zero-order valence-corrected chi connectivity index (χ0v) is 10.3. The van der Waals surface area contributed by atoms with Crippen LogP contribution in [0.15, 0.2) is 21.4 Å². The molecule has 8 heteroatoms. The van der Waals surface area contributed by atoms with Crippen LogP contribution >= 0.6 is 15.9 Å². The van der Waals surface area contributed by atoms with Crippen LogP contribution in [-0.4, -0.2) is 21.9 Å². The number of hydrogen-bond acceptors (Lipinski definition) is 2. The maximum atomic E-state index is 12.1. The molecule has 96 valence electrons. The van der Waals surface area contributed by atoms with Gasteiger partial charge in [0.05, 0.1) is 11.0 Å². The van der Waals surface area contributed by atoms with Crippen molar-refractivity contribution >= 4 is 32.7 Å². The Kier molecular flexibility index (Phi) is 3.05. The van der Waals surface area contributed by atoms with E-state index in [0.29, 0.717) is 5.52 Å². The molecule has 0 radical (unpaired) electrons. The summed E-state index contributed by atoms with van der Waals surface area (Å²) in [6, 6.07) is 2.60. The highest BCUT2D eigenvalue weighted by Crippen LogP contribution is 2.27. The van der Waals surface area contributed by atoms with Gasteiger partial charge in [-0.15, -0.1) is 0 Å². The minimum absolute atomic E-state index is 0.116. The van der Waals surface area contributed by atoms with Crippen molar-refractivity contribution in [1.82, 2.24) is 9.97 Å². The number of carbonyl (C=O) groups excluding carboxylic acids is 1. The standard InChI is InChI=1S/C10H6BrF3N2O2/c11-5-2-7-6(15-9(18)16-7)1-4(5)8(17)3-10(12,13)14/h1-2H,3H2,(H2,15,16,18). The number of fused-ring (bicyclic) bond motifs is 1. The Morgan fingerprint density at radius 3 is 2.33 bits per heavy atom. The molecule has 0 saturated carbocycles. The van der Waals surface area contributed by atoms with Gasteiger partial charge in [0.1, 0.15) is 6.42 Å². The van der Waals surface area contributed by atoms with Crippen molar-refractivity contribution in [3.05, 3.63) is 32.7 Å². The zero-order valence-electron chi connectivity index (χ0n) is 8.69. The number of aromatic nitrogens is 2. The van der Waals surface area contributed by atoms with Crippen LogP contribution in [0.4, 0.5) is 13.2 Å². The SMILES string of the molecule is O=C(CC(F)(F)F)c1cc2[nH]c(=O)[nH]c2cc1Br. The van der Waals surface area contributed by atoms with Crippen molar-refractivity contribution in [2.45, 2.75) is 12.6 Å². The van der Waals surface area contributed by atoms with E-state index in [-0.39, 0.29) is 15.6 Å². The van der Waals surface area contributed by atoms with Gasteiger partial charge in [0.2, 0.25) is 0 Å². The Bertz CT molecular complexity index is 672. The molecule has 18 heavy (non-hydrogen) atoms. The number of rotatable bonds is 2. The van der Waals surface area contributed by atoms with Crippen LogP contribution in [0.3, 0.4) is 0 Å². The highest BCUT2D eigenvalue weighted by atomic mass is 79.9. The lowest BCUT2D eigenvalue weighted by molar-refractivity contribution is -0.125. The molecule has 0 unspecified atom stereocenters. The Balaban J connectivity index is 2.47. The molecule has 1 heterocycles. The number of halogens is 4. The fourth-order valence-corrected chi connectivity index (χ4v) is 2.11. The second kappa shape index (κ2) is 4.27. The first kappa shape index (κ1) is 12.9. The summed E-state index contributed by atoms with van der Waals surface area (Å²) in [4.78, 5) is 27.3. The van der Waals surface area contributed by atoms with Crippen molar-refractivity contribution in [2.75, 3.05) is 0 Å². The maximum Gasteiger partial charge on any atom is 0.396 e. The minimum Gasteiger partial charge on any atom is -0.306 e. The number of H-pyrrole nitrogens is 2. The van der Waals surface area contributed by atoms with Gasteiger partial charge < -0.3 is 9.97 Å². The molecule has 1 aromatic carbocycles. The molecular formula is C10H6BrF3N2O2.